The van der Waals surface area contributed by atoms with E-state index in [-0.39, 0.29) is 0 Å². The predicted octanol–water partition coefficient (Wildman–Crippen LogP) is 1.66. The number of nitrogens with zero attached hydrogens (tertiary/aromatic N) is 3. The number of rotatable bonds is 9. The van der Waals surface area contributed by atoms with Crippen molar-refractivity contribution in [3.63, 3.8) is 0 Å². The Hall–Kier alpha value is -1.63. The van der Waals surface area contributed by atoms with E-state index < -0.39 is 0 Å². The van der Waals surface area contributed by atoms with Gasteiger partial charge in [0.25, 0.3) is 0 Å². The number of nitrogens with one attached hydrogen (secondary N) is 1. The molecule has 3 N–H and O–H groups in total. The van der Waals surface area contributed by atoms with Gasteiger partial charge in [0.15, 0.2) is 5.96 Å². The second kappa shape index (κ2) is 11.9. The van der Waals surface area contributed by atoms with Gasteiger partial charge in [-0.2, -0.15) is 0 Å². The summed E-state index contributed by atoms with van der Waals surface area (Å²) < 4.78 is 5.30. The van der Waals surface area contributed by atoms with Crippen LogP contribution in [0.4, 0.5) is 0 Å². The predicted molar refractivity (Wildman–Crippen MR) is 108 cm³/mol. The zero-order chi connectivity index (χ0) is 18.6. The van der Waals surface area contributed by atoms with E-state index in [1.165, 1.54) is 30.6 Å². The molecule has 0 spiro atoms. The number of hydrogen-bond donors (Lipinski definition) is 2. The summed E-state index contributed by atoms with van der Waals surface area (Å²) in [6, 6.07) is 8.74. The SMILES string of the molecule is CCOCCCNC(N)=NCc1ccc(CN2CCCN(C)CC2)cc1. The smallest absolute Gasteiger partial charge is 0.188 e. The lowest BCUT2D eigenvalue weighted by Crippen LogP contribution is -2.32. The Bertz CT molecular complexity index is 532. The van der Waals surface area contributed by atoms with Crippen molar-refractivity contribution in [2.45, 2.75) is 32.9 Å². The van der Waals surface area contributed by atoms with Gasteiger partial charge in [-0.1, -0.05) is 24.3 Å². The van der Waals surface area contributed by atoms with E-state index in [4.69, 9.17) is 10.5 Å². The molecule has 6 heteroatoms. The first-order valence-corrected chi connectivity index (χ1v) is 9.77. The molecule has 1 aliphatic heterocycles. The van der Waals surface area contributed by atoms with Crippen LogP contribution in [-0.2, 0) is 17.8 Å². The maximum atomic E-state index is 5.90. The van der Waals surface area contributed by atoms with Crippen molar-refractivity contribution in [1.82, 2.24) is 15.1 Å². The molecular formula is C20H35N5O. The van der Waals surface area contributed by atoms with Crippen LogP contribution in [0.1, 0.15) is 30.9 Å². The standard InChI is InChI=1S/C20H35N5O/c1-3-26-15-4-10-22-20(21)23-16-18-6-8-19(9-7-18)17-25-12-5-11-24(2)13-14-25/h6-9H,3-5,10-17H2,1-2H3,(H3,21,22,23). The fourth-order valence-corrected chi connectivity index (χ4v) is 3.03. The third-order valence-corrected chi connectivity index (χ3v) is 4.65. The molecule has 0 atom stereocenters. The zero-order valence-corrected chi connectivity index (χ0v) is 16.4. The minimum Gasteiger partial charge on any atom is -0.382 e. The van der Waals surface area contributed by atoms with Gasteiger partial charge < -0.3 is 20.7 Å². The molecule has 1 fully saturated rings. The highest BCUT2D eigenvalue weighted by atomic mass is 16.5. The van der Waals surface area contributed by atoms with Crippen molar-refractivity contribution < 1.29 is 4.74 Å². The molecule has 0 radical (unpaired) electrons. The number of benzene rings is 1. The molecule has 0 aliphatic carbocycles. The normalized spacial score (nSPS) is 17.2. The molecule has 1 aliphatic rings. The van der Waals surface area contributed by atoms with Crippen LogP contribution in [0.2, 0.25) is 0 Å². The lowest BCUT2D eigenvalue weighted by Gasteiger charge is -2.20. The van der Waals surface area contributed by atoms with Gasteiger partial charge in [-0.3, -0.25) is 4.90 Å². The van der Waals surface area contributed by atoms with Crippen LogP contribution in [0.15, 0.2) is 29.3 Å². The van der Waals surface area contributed by atoms with Crippen LogP contribution < -0.4 is 11.1 Å². The second-order valence-electron chi connectivity index (χ2n) is 6.93. The Morgan fingerprint density at radius 1 is 1.15 bits per heavy atom. The summed E-state index contributed by atoms with van der Waals surface area (Å²) >= 11 is 0. The highest BCUT2D eigenvalue weighted by molar-refractivity contribution is 5.77. The lowest BCUT2D eigenvalue weighted by atomic mass is 10.1. The summed E-state index contributed by atoms with van der Waals surface area (Å²) in [5.74, 6) is 0.499. The van der Waals surface area contributed by atoms with Crippen molar-refractivity contribution in [2.24, 2.45) is 10.7 Å². The van der Waals surface area contributed by atoms with Gasteiger partial charge in [-0.05, 0) is 51.0 Å². The van der Waals surface area contributed by atoms with Gasteiger partial charge in [-0.25, -0.2) is 4.99 Å². The first kappa shape index (κ1) is 20.7. The van der Waals surface area contributed by atoms with Gasteiger partial charge >= 0.3 is 0 Å². The topological polar surface area (TPSA) is 66.1 Å². The first-order valence-electron chi connectivity index (χ1n) is 9.77. The van der Waals surface area contributed by atoms with Crippen LogP contribution >= 0.6 is 0 Å². The van der Waals surface area contributed by atoms with Crippen LogP contribution in [0.25, 0.3) is 0 Å². The molecule has 1 saturated heterocycles. The van der Waals surface area contributed by atoms with E-state index in [9.17, 15) is 0 Å². The van der Waals surface area contributed by atoms with E-state index in [1.807, 2.05) is 6.92 Å². The second-order valence-corrected chi connectivity index (χ2v) is 6.93. The van der Waals surface area contributed by atoms with Crippen LogP contribution in [0.5, 0.6) is 0 Å². The molecule has 26 heavy (non-hydrogen) atoms. The van der Waals surface area contributed by atoms with Crippen molar-refractivity contribution in [1.29, 1.82) is 0 Å². The Kier molecular flexibility index (Phi) is 9.45. The van der Waals surface area contributed by atoms with Crippen molar-refractivity contribution in [3.05, 3.63) is 35.4 Å². The van der Waals surface area contributed by atoms with E-state index in [0.717, 1.165) is 45.8 Å². The minimum atomic E-state index is 0.499. The molecule has 0 bridgehead atoms. The Morgan fingerprint density at radius 3 is 2.69 bits per heavy atom. The molecule has 6 nitrogen and oxygen atoms in total. The number of guanidine groups is 1. The Morgan fingerprint density at radius 2 is 1.92 bits per heavy atom. The summed E-state index contributed by atoms with van der Waals surface area (Å²) in [5, 5.41) is 3.12. The van der Waals surface area contributed by atoms with Gasteiger partial charge in [0.2, 0.25) is 0 Å². The molecule has 1 aromatic rings. The molecule has 146 valence electrons. The van der Waals surface area contributed by atoms with E-state index >= 15 is 0 Å². The molecule has 1 aromatic carbocycles. The van der Waals surface area contributed by atoms with Gasteiger partial charge in [-0.15, -0.1) is 0 Å². The average Bonchev–Trinajstić information content (AvgIpc) is 2.85. The molecular weight excluding hydrogens is 326 g/mol. The summed E-state index contributed by atoms with van der Waals surface area (Å²) in [5.41, 5.74) is 8.45. The monoisotopic (exact) mass is 361 g/mol. The third kappa shape index (κ3) is 8.17. The quantitative estimate of drug-likeness (QED) is 0.398. The fourth-order valence-electron chi connectivity index (χ4n) is 3.03. The van der Waals surface area contributed by atoms with E-state index in [1.54, 1.807) is 0 Å². The number of hydrogen-bond acceptors (Lipinski definition) is 4. The van der Waals surface area contributed by atoms with Crippen LogP contribution in [0, 0.1) is 0 Å². The van der Waals surface area contributed by atoms with Gasteiger partial charge in [0.1, 0.15) is 0 Å². The molecule has 0 aromatic heterocycles. The number of nitrogens with two attached hydrogens (primary N) is 1. The first-order chi connectivity index (χ1) is 12.7. The van der Waals surface area contributed by atoms with Crippen molar-refractivity contribution >= 4 is 5.96 Å². The number of likely N-dealkylation sites (N-methyl/N-ethyl adjacent to an activating group) is 1. The molecule has 0 unspecified atom stereocenters. The van der Waals surface area contributed by atoms with Gasteiger partial charge in [0.05, 0.1) is 6.54 Å². The Labute approximate surface area is 158 Å². The lowest BCUT2D eigenvalue weighted by molar-refractivity contribution is 0.145. The van der Waals surface area contributed by atoms with Crippen molar-refractivity contribution in [2.75, 3.05) is 53.0 Å². The fraction of sp³-hybridized carbons (Fsp3) is 0.650. The molecule has 0 amide bonds. The number of aliphatic imine (C=N–C) groups is 1. The maximum absolute atomic E-state index is 5.90. The van der Waals surface area contributed by atoms with E-state index in [0.29, 0.717) is 12.5 Å². The average molecular weight is 362 g/mol. The molecule has 1 heterocycles. The number of ether oxygens (including phenoxy) is 1. The summed E-state index contributed by atoms with van der Waals surface area (Å²) in [7, 11) is 2.21. The van der Waals surface area contributed by atoms with Crippen molar-refractivity contribution in [3.8, 4) is 0 Å². The summed E-state index contributed by atoms with van der Waals surface area (Å²) in [4.78, 5) is 9.36. The van der Waals surface area contributed by atoms with Crippen LogP contribution in [0.3, 0.4) is 0 Å². The largest absolute Gasteiger partial charge is 0.382 e. The highest BCUT2D eigenvalue weighted by Gasteiger charge is 2.12. The molecule has 2 rings (SSSR count). The zero-order valence-electron chi connectivity index (χ0n) is 16.4. The summed E-state index contributed by atoms with van der Waals surface area (Å²) in [6.45, 7) is 10.6. The summed E-state index contributed by atoms with van der Waals surface area (Å²) in [6.07, 6.45) is 2.19. The Balaban J connectivity index is 1.72. The molecule has 0 saturated carbocycles. The van der Waals surface area contributed by atoms with Gasteiger partial charge in [0, 0.05) is 39.4 Å². The van der Waals surface area contributed by atoms with Crippen LogP contribution in [-0.4, -0.2) is 68.7 Å². The maximum Gasteiger partial charge on any atom is 0.188 e. The highest BCUT2D eigenvalue weighted by Crippen LogP contribution is 2.10. The van der Waals surface area contributed by atoms with E-state index in [2.05, 4.69) is 51.4 Å². The minimum absolute atomic E-state index is 0.499. The third-order valence-electron chi connectivity index (χ3n) is 4.65.